The predicted octanol–water partition coefficient (Wildman–Crippen LogP) is 3.35. The Morgan fingerprint density at radius 1 is 1.22 bits per heavy atom. The van der Waals surface area contributed by atoms with Crippen LogP contribution in [0.25, 0.3) is 10.2 Å². The maximum Gasteiger partial charge on any atom is 0.307 e. The second-order valence-electron chi connectivity index (χ2n) is 6.37. The van der Waals surface area contributed by atoms with Gasteiger partial charge in [0, 0.05) is 13.1 Å². The highest BCUT2D eigenvalue weighted by Crippen LogP contribution is 2.27. The van der Waals surface area contributed by atoms with E-state index in [4.69, 9.17) is 4.74 Å². The topological polar surface area (TPSA) is 77.4 Å². The molecule has 2 aromatic carbocycles. The molecule has 8 heteroatoms. The van der Waals surface area contributed by atoms with Crippen molar-refractivity contribution < 1.29 is 13.2 Å². The third kappa shape index (κ3) is 3.78. The van der Waals surface area contributed by atoms with E-state index < -0.39 is 10.0 Å². The first-order valence-corrected chi connectivity index (χ1v) is 10.8. The maximum atomic E-state index is 12.9. The van der Waals surface area contributed by atoms with Crippen molar-refractivity contribution in [3.63, 3.8) is 0 Å². The number of sulfonamides is 1. The van der Waals surface area contributed by atoms with E-state index in [-0.39, 0.29) is 15.8 Å². The Balaban J connectivity index is 1.94. The molecule has 27 heavy (non-hydrogen) atoms. The molecule has 0 fully saturated rings. The summed E-state index contributed by atoms with van der Waals surface area (Å²) < 4.78 is 36.0. The number of thiazole rings is 1. The summed E-state index contributed by atoms with van der Waals surface area (Å²) >= 11 is 1.04. The molecule has 0 aliphatic rings. The minimum atomic E-state index is -3.73. The number of benzene rings is 2. The average molecular weight is 407 g/mol. The van der Waals surface area contributed by atoms with Crippen molar-refractivity contribution in [1.29, 1.82) is 0 Å². The van der Waals surface area contributed by atoms with E-state index in [0.29, 0.717) is 11.1 Å². The normalized spacial score (nSPS) is 13.0. The molecule has 0 aliphatic carbocycles. The van der Waals surface area contributed by atoms with Crippen molar-refractivity contribution in [2.24, 2.45) is 7.05 Å². The summed E-state index contributed by atoms with van der Waals surface area (Å²) in [6, 6.07) is 10.0. The van der Waals surface area contributed by atoms with Crippen molar-refractivity contribution in [3.8, 4) is 5.75 Å². The zero-order valence-electron chi connectivity index (χ0n) is 15.6. The van der Waals surface area contributed by atoms with Gasteiger partial charge in [-0.1, -0.05) is 30.4 Å². The van der Waals surface area contributed by atoms with Crippen LogP contribution in [-0.2, 0) is 17.1 Å². The highest BCUT2D eigenvalue weighted by molar-refractivity contribution is 7.89. The summed E-state index contributed by atoms with van der Waals surface area (Å²) in [6.07, 6.45) is 0.603. The molecule has 0 saturated carbocycles. The lowest BCUT2D eigenvalue weighted by atomic mass is 10.0. The first kappa shape index (κ1) is 19.6. The van der Waals surface area contributed by atoms with Gasteiger partial charge in [0.05, 0.1) is 22.2 Å². The predicted molar refractivity (Wildman–Crippen MR) is 108 cm³/mol. The number of aryl methyl sites for hydroxylation is 2. The van der Waals surface area contributed by atoms with Gasteiger partial charge < -0.3 is 9.30 Å². The number of ether oxygens (including phenoxy) is 1. The second kappa shape index (κ2) is 7.46. The van der Waals surface area contributed by atoms with Gasteiger partial charge in [0.1, 0.15) is 5.75 Å². The van der Waals surface area contributed by atoms with Crippen molar-refractivity contribution in [2.45, 2.75) is 31.2 Å². The molecule has 6 nitrogen and oxygen atoms in total. The zero-order chi connectivity index (χ0) is 19.8. The summed E-state index contributed by atoms with van der Waals surface area (Å²) in [5.41, 5.74) is 2.55. The van der Waals surface area contributed by atoms with Gasteiger partial charge >= 0.3 is 4.87 Å². The monoisotopic (exact) mass is 406 g/mol. The highest BCUT2D eigenvalue weighted by atomic mass is 32.2. The number of fused-ring (bicyclic) bond motifs is 1. The van der Waals surface area contributed by atoms with Crippen molar-refractivity contribution >= 4 is 31.6 Å². The fourth-order valence-corrected chi connectivity index (χ4v) is 5.37. The molecular formula is C19H22N2O4S2. The van der Waals surface area contributed by atoms with Crippen LogP contribution in [-0.4, -0.2) is 20.1 Å². The van der Waals surface area contributed by atoms with Gasteiger partial charge in [-0.05, 0) is 48.7 Å². The van der Waals surface area contributed by atoms with Crippen LogP contribution in [0.1, 0.15) is 30.5 Å². The summed E-state index contributed by atoms with van der Waals surface area (Å²) in [7, 11) is -0.449. The van der Waals surface area contributed by atoms with Crippen molar-refractivity contribution in [3.05, 3.63) is 57.2 Å². The molecule has 1 unspecified atom stereocenters. The fourth-order valence-electron chi connectivity index (χ4n) is 3.04. The third-order valence-electron chi connectivity index (χ3n) is 4.60. The number of aromatic nitrogens is 1. The first-order chi connectivity index (χ1) is 12.8. The van der Waals surface area contributed by atoms with E-state index in [2.05, 4.69) is 4.72 Å². The first-order valence-electron chi connectivity index (χ1n) is 8.53. The quantitative estimate of drug-likeness (QED) is 0.681. The molecule has 3 rings (SSSR count). The molecule has 1 heterocycles. The lowest BCUT2D eigenvalue weighted by molar-refractivity contribution is 0.411. The van der Waals surface area contributed by atoms with E-state index in [9.17, 15) is 13.2 Å². The van der Waals surface area contributed by atoms with E-state index in [1.165, 1.54) is 10.6 Å². The Labute approximate surface area is 162 Å². The van der Waals surface area contributed by atoms with Gasteiger partial charge in [-0.15, -0.1) is 0 Å². The van der Waals surface area contributed by atoms with Gasteiger partial charge in [-0.3, -0.25) is 4.79 Å². The minimum Gasteiger partial charge on any atom is -0.496 e. The molecule has 0 bridgehead atoms. The molecule has 3 aromatic rings. The van der Waals surface area contributed by atoms with Crippen LogP contribution in [0.5, 0.6) is 5.75 Å². The van der Waals surface area contributed by atoms with Crippen LogP contribution in [0.3, 0.4) is 0 Å². The summed E-state index contributed by atoms with van der Waals surface area (Å²) in [6.45, 7) is 3.85. The third-order valence-corrected chi connectivity index (χ3v) is 7.07. The molecule has 0 spiro atoms. The minimum absolute atomic E-state index is 0.118. The number of hydrogen-bond acceptors (Lipinski definition) is 5. The van der Waals surface area contributed by atoms with Crippen LogP contribution < -0.4 is 14.3 Å². The molecule has 0 amide bonds. The Kier molecular flexibility index (Phi) is 5.41. The lowest BCUT2D eigenvalue weighted by Crippen LogP contribution is -2.28. The van der Waals surface area contributed by atoms with E-state index in [1.807, 2.05) is 32.0 Å². The second-order valence-corrected chi connectivity index (χ2v) is 9.07. The Bertz CT molecular complexity index is 1150. The van der Waals surface area contributed by atoms with Gasteiger partial charge in [-0.25, -0.2) is 13.1 Å². The van der Waals surface area contributed by atoms with Gasteiger partial charge in [0.2, 0.25) is 10.0 Å². The van der Waals surface area contributed by atoms with Crippen LogP contribution in [0, 0.1) is 6.92 Å². The van der Waals surface area contributed by atoms with Gasteiger partial charge in [0.15, 0.2) is 0 Å². The number of methoxy groups -OCH3 is 1. The van der Waals surface area contributed by atoms with E-state index in [0.717, 1.165) is 33.7 Å². The molecule has 1 atom stereocenters. The summed E-state index contributed by atoms with van der Waals surface area (Å²) in [4.78, 5) is 11.8. The molecule has 0 aliphatic heterocycles. The summed E-state index contributed by atoms with van der Waals surface area (Å²) in [5, 5.41) is 0. The average Bonchev–Trinajstić information content (AvgIpc) is 2.93. The van der Waals surface area contributed by atoms with Crippen LogP contribution in [0.4, 0.5) is 0 Å². The molecule has 0 saturated heterocycles. The largest absolute Gasteiger partial charge is 0.496 e. The number of hydrogen-bond donors (Lipinski definition) is 1. The zero-order valence-corrected chi connectivity index (χ0v) is 17.3. The lowest BCUT2D eigenvalue weighted by Gasteiger charge is -2.19. The van der Waals surface area contributed by atoms with Crippen molar-refractivity contribution in [2.75, 3.05) is 7.11 Å². The fraction of sp³-hybridized carbons (Fsp3) is 0.316. The Morgan fingerprint density at radius 2 is 1.96 bits per heavy atom. The van der Waals surface area contributed by atoms with E-state index in [1.54, 1.807) is 26.3 Å². The number of nitrogens with zero attached hydrogens (tertiary/aromatic N) is 1. The smallest absolute Gasteiger partial charge is 0.307 e. The van der Waals surface area contributed by atoms with Crippen LogP contribution in [0.2, 0.25) is 0 Å². The van der Waals surface area contributed by atoms with Crippen molar-refractivity contribution in [1.82, 2.24) is 9.29 Å². The SMILES string of the molecule is CCC(NS(=O)(=O)c1ccc2c(c1)sc(=O)n2C)c1ccc(OC)c(C)c1. The maximum absolute atomic E-state index is 12.9. The highest BCUT2D eigenvalue weighted by Gasteiger charge is 2.22. The van der Waals surface area contributed by atoms with E-state index >= 15 is 0 Å². The van der Waals surface area contributed by atoms with Gasteiger partial charge in [-0.2, -0.15) is 0 Å². The molecule has 144 valence electrons. The number of rotatable bonds is 6. The van der Waals surface area contributed by atoms with Gasteiger partial charge in [0.25, 0.3) is 0 Å². The summed E-state index contributed by atoms with van der Waals surface area (Å²) in [5.74, 6) is 0.765. The number of nitrogens with one attached hydrogen (secondary N) is 1. The standard InChI is InChI=1S/C19H22N2O4S2/c1-5-15(13-6-9-17(25-4)12(2)10-13)20-27(23,24)14-7-8-16-18(11-14)26-19(22)21(16)3/h6-11,15,20H,5H2,1-4H3. The molecule has 1 N–H and O–H groups in total. The van der Waals surface area contributed by atoms with Crippen LogP contribution in [0.15, 0.2) is 46.1 Å². The van der Waals surface area contributed by atoms with Crippen LogP contribution >= 0.6 is 11.3 Å². The Morgan fingerprint density at radius 3 is 2.59 bits per heavy atom. The molecule has 1 aromatic heterocycles. The molecular weight excluding hydrogens is 384 g/mol. The Hall–Kier alpha value is -2.16. The molecule has 0 radical (unpaired) electrons.